The normalized spacial score (nSPS) is 34.0. The summed E-state index contributed by atoms with van der Waals surface area (Å²) in [5.74, 6) is -1.74. The van der Waals surface area contributed by atoms with Crippen LogP contribution in [0.25, 0.3) is 0 Å². The van der Waals surface area contributed by atoms with Crippen molar-refractivity contribution in [3.05, 3.63) is 35.9 Å². The second-order valence-corrected chi connectivity index (χ2v) is 7.56. The molecule has 0 radical (unpaired) electrons. The molecule has 0 aliphatic carbocycles. The third-order valence-electron chi connectivity index (χ3n) is 4.84. The van der Waals surface area contributed by atoms with Gasteiger partial charge in [0, 0.05) is 7.05 Å². The van der Waals surface area contributed by atoms with Crippen LogP contribution in [0.3, 0.4) is 0 Å². The number of hydrogen-bond acceptors (Lipinski definition) is 7. The van der Waals surface area contributed by atoms with Crippen molar-refractivity contribution in [1.82, 2.24) is 10.2 Å². The molecule has 3 aliphatic rings. The Kier molecular flexibility index (Phi) is 4.22. The molecule has 4 rings (SSSR count). The van der Waals surface area contributed by atoms with Crippen molar-refractivity contribution in [3.8, 4) is 0 Å². The minimum absolute atomic E-state index is 0.0818. The molecule has 8 nitrogen and oxygen atoms in total. The highest BCUT2D eigenvalue weighted by atomic mass is 32.1. The molecular formula is C18H20N2O6S. The van der Waals surface area contributed by atoms with Gasteiger partial charge in [-0.1, -0.05) is 18.2 Å². The van der Waals surface area contributed by atoms with Gasteiger partial charge >= 0.3 is 5.97 Å². The van der Waals surface area contributed by atoms with Gasteiger partial charge in [0.05, 0.1) is 5.56 Å². The summed E-state index contributed by atoms with van der Waals surface area (Å²) in [5, 5.41) is 3.17. The molecule has 0 unspecified atom stereocenters. The first-order chi connectivity index (χ1) is 12.7. The fourth-order valence-corrected chi connectivity index (χ4v) is 3.84. The van der Waals surface area contributed by atoms with Crippen LogP contribution < -0.4 is 5.32 Å². The lowest BCUT2D eigenvalue weighted by Gasteiger charge is -2.29. The summed E-state index contributed by atoms with van der Waals surface area (Å²) in [4.78, 5) is 26.4. The zero-order chi connectivity index (χ0) is 19.4. The topological polar surface area (TPSA) is 86.3 Å². The summed E-state index contributed by atoms with van der Waals surface area (Å²) in [6, 6.07) is 8.64. The summed E-state index contributed by atoms with van der Waals surface area (Å²) < 4.78 is 23.3. The second-order valence-electron chi connectivity index (χ2n) is 7.17. The van der Waals surface area contributed by atoms with Gasteiger partial charge in [-0.15, -0.1) is 0 Å². The minimum atomic E-state index is -1.48. The van der Waals surface area contributed by atoms with Gasteiger partial charge in [0.1, 0.15) is 24.9 Å². The van der Waals surface area contributed by atoms with Crippen molar-refractivity contribution >= 4 is 29.2 Å². The van der Waals surface area contributed by atoms with Gasteiger partial charge in [0.2, 0.25) is 0 Å². The Bertz CT molecular complexity index is 800. The van der Waals surface area contributed by atoms with E-state index in [0.717, 1.165) is 0 Å². The van der Waals surface area contributed by atoms with E-state index in [1.165, 1.54) is 4.90 Å². The fourth-order valence-electron chi connectivity index (χ4n) is 3.60. The fraction of sp³-hybridized carbons (Fsp3) is 0.500. The summed E-state index contributed by atoms with van der Waals surface area (Å²) in [5.41, 5.74) is -1.05. The molecule has 1 aromatic carbocycles. The van der Waals surface area contributed by atoms with Gasteiger partial charge in [0.25, 0.3) is 11.6 Å². The van der Waals surface area contributed by atoms with Crippen LogP contribution in [-0.2, 0) is 23.7 Å². The third kappa shape index (κ3) is 2.91. The first-order valence-electron chi connectivity index (χ1n) is 8.59. The molecule has 27 heavy (non-hydrogen) atoms. The van der Waals surface area contributed by atoms with Gasteiger partial charge in [-0.25, -0.2) is 4.79 Å². The maximum Gasteiger partial charge on any atom is 0.338 e. The molecule has 3 aliphatic heterocycles. The molecule has 1 amide bonds. The summed E-state index contributed by atoms with van der Waals surface area (Å²) in [6.45, 7) is 3.43. The molecule has 0 saturated carbocycles. The Morgan fingerprint density at radius 3 is 2.59 bits per heavy atom. The maximum absolute atomic E-state index is 12.8. The highest BCUT2D eigenvalue weighted by Crippen LogP contribution is 2.45. The number of ether oxygens (including phenoxy) is 4. The summed E-state index contributed by atoms with van der Waals surface area (Å²) >= 11 is 5.19. The Hall–Kier alpha value is -2.07. The number of fused-ring (bicyclic) bond motifs is 2. The van der Waals surface area contributed by atoms with E-state index in [1.54, 1.807) is 45.2 Å². The number of rotatable bonds is 3. The number of carbonyl (C=O) groups is 2. The first-order valence-corrected chi connectivity index (χ1v) is 9.00. The number of carbonyl (C=O) groups excluding carboxylic acids is 2. The van der Waals surface area contributed by atoms with Crippen LogP contribution in [0, 0.1) is 0 Å². The number of nitrogens with zero attached hydrogens (tertiary/aromatic N) is 1. The molecular weight excluding hydrogens is 372 g/mol. The van der Waals surface area contributed by atoms with Crippen molar-refractivity contribution in [2.24, 2.45) is 0 Å². The minimum Gasteiger partial charge on any atom is -0.459 e. The molecule has 0 bridgehead atoms. The standard InChI is InChI=1S/C18H20N2O6S/c1-17(2)25-12-11(9-23-14(21)10-7-5-4-6-8-10)24-18(13(12)26-17)15(22)20(3)16(27)19-18/h4-8,11-13H,9H2,1-3H3,(H,19,27)/t11-,12-,13-,18-/m1/s1. The zero-order valence-electron chi connectivity index (χ0n) is 15.1. The number of likely N-dealkylation sites (N-methyl/N-ethyl adjacent to an activating group) is 1. The van der Waals surface area contributed by atoms with E-state index in [2.05, 4.69) is 5.32 Å². The highest BCUT2D eigenvalue weighted by molar-refractivity contribution is 7.80. The van der Waals surface area contributed by atoms with E-state index in [0.29, 0.717) is 5.56 Å². The monoisotopic (exact) mass is 392 g/mol. The number of nitrogens with one attached hydrogen (secondary N) is 1. The van der Waals surface area contributed by atoms with Crippen LogP contribution in [0.2, 0.25) is 0 Å². The Balaban J connectivity index is 1.55. The number of hydrogen-bond donors (Lipinski definition) is 1. The third-order valence-corrected chi connectivity index (χ3v) is 5.22. The number of amides is 1. The van der Waals surface area contributed by atoms with Crippen LogP contribution in [0.1, 0.15) is 24.2 Å². The van der Waals surface area contributed by atoms with E-state index in [4.69, 9.17) is 31.2 Å². The van der Waals surface area contributed by atoms with Crippen LogP contribution in [-0.4, -0.2) is 65.4 Å². The molecule has 1 aromatic rings. The average Bonchev–Trinajstić information content (AvgIpc) is 3.18. The van der Waals surface area contributed by atoms with E-state index < -0.39 is 35.8 Å². The van der Waals surface area contributed by atoms with Gasteiger partial charge in [-0.3, -0.25) is 9.69 Å². The Morgan fingerprint density at radius 1 is 1.26 bits per heavy atom. The smallest absolute Gasteiger partial charge is 0.338 e. The molecule has 9 heteroatoms. The lowest BCUT2D eigenvalue weighted by molar-refractivity contribution is -0.214. The van der Waals surface area contributed by atoms with Crippen molar-refractivity contribution in [3.63, 3.8) is 0 Å². The van der Waals surface area contributed by atoms with Gasteiger partial charge in [0.15, 0.2) is 10.9 Å². The number of esters is 1. The number of benzene rings is 1. The average molecular weight is 392 g/mol. The molecule has 144 valence electrons. The van der Waals surface area contributed by atoms with Crippen molar-refractivity contribution in [1.29, 1.82) is 0 Å². The molecule has 3 saturated heterocycles. The van der Waals surface area contributed by atoms with Crippen LogP contribution in [0.4, 0.5) is 0 Å². The molecule has 1 N–H and O–H groups in total. The van der Waals surface area contributed by atoms with Crippen molar-refractivity contribution in [2.75, 3.05) is 13.7 Å². The molecule has 4 atom stereocenters. The lowest BCUT2D eigenvalue weighted by Crippen LogP contribution is -2.56. The largest absolute Gasteiger partial charge is 0.459 e. The predicted molar refractivity (Wildman–Crippen MR) is 96.7 cm³/mol. The summed E-state index contributed by atoms with van der Waals surface area (Å²) in [6.07, 6.45) is -1.99. The second kappa shape index (κ2) is 6.23. The van der Waals surface area contributed by atoms with Crippen LogP contribution in [0.15, 0.2) is 30.3 Å². The quantitative estimate of drug-likeness (QED) is 0.597. The highest BCUT2D eigenvalue weighted by Gasteiger charge is 2.70. The molecule has 3 fully saturated rings. The van der Waals surface area contributed by atoms with Gasteiger partial charge in [-0.2, -0.15) is 0 Å². The van der Waals surface area contributed by atoms with Crippen molar-refractivity contribution < 1.29 is 28.5 Å². The van der Waals surface area contributed by atoms with Crippen molar-refractivity contribution in [2.45, 2.75) is 43.7 Å². The summed E-state index contributed by atoms with van der Waals surface area (Å²) in [7, 11) is 1.56. The zero-order valence-corrected chi connectivity index (χ0v) is 15.9. The van der Waals surface area contributed by atoms with Crippen LogP contribution in [0.5, 0.6) is 0 Å². The molecule has 3 heterocycles. The first kappa shape index (κ1) is 18.3. The van der Waals surface area contributed by atoms with Gasteiger partial charge < -0.3 is 24.3 Å². The SMILES string of the molecule is CN1C(=O)[C@]2(NC1=S)O[C@H](COC(=O)c1ccccc1)[C@H]1OC(C)(C)O[C@H]12. The maximum atomic E-state index is 12.8. The van der Waals surface area contributed by atoms with E-state index in [1.807, 2.05) is 6.07 Å². The lowest BCUT2D eigenvalue weighted by atomic mass is 10.0. The molecule has 1 spiro atoms. The van der Waals surface area contributed by atoms with E-state index in [-0.39, 0.29) is 17.6 Å². The Labute approximate surface area is 161 Å². The predicted octanol–water partition coefficient (Wildman–Crippen LogP) is 0.805. The Morgan fingerprint density at radius 2 is 1.96 bits per heavy atom. The number of thiocarbonyl (C=S) groups is 1. The van der Waals surface area contributed by atoms with E-state index in [9.17, 15) is 9.59 Å². The van der Waals surface area contributed by atoms with E-state index >= 15 is 0 Å². The van der Waals surface area contributed by atoms with Gasteiger partial charge in [-0.05, 0) is 38.2 Å². The van der Waals surface area contributed by atoms with Crippen LogP contribution >= 0.6 is 12.2 Å². The molecule has 0 aromatic heterocycles.